The van der Waals surface area contributed by atoms with Gasteiger partial charge in [-0.1, -0.05) is 164 Å². The first kappa shape index (κ1) is 30.6. The highest BCUT2D eigenvalue weighted by molar-refractivity contribution is 6.23. The molecule has 3 unspecified atom stereocenters. The monoisotopic (exact) mass is 695 g/mol. The van der Waals surface area contributed by atoms with E-state index in [1.807, 2.05) is 36.4 Å². The SMILES string of the molecule is C1=CC2c3ccc4ccccc4c3OC2C(c2cccc3oc4cccc(C5=NC(c6ccccc6)=NC(c6ccc(-c7ccccc7)cc6)N5)c4c23)=C1. The number of amidine groups is 2. The van der Waals surface area contributed by atoms with Crippen molar-refractivity contribution in [2.75, 3.05) is 0 Å². The highest BCUT2D eigenvalue weighted by atomic mass is 16.5. The van der Waals surface area contributed by atoms with Crippen LogP contribution in [0.15, 0.2) is 190 Å². The fourth-order valence-corrected chi connectivity index (χ4v) is 8.36. The molecule has 3 heterocycles. The van der Waals surface area contributed by atoms with Crippen molar-refractivity contribution in [1.82, 2.24) is 5.32 Å². The first-order chi connectivity index (χ1) is 26.8. The molecular formula is C49H33N3O2. The Labute approximate surface area is 312 Å². The molecule has 2 aliphatic heterocycles. The average molecular weight is 696 g/mol. The minimum Gasteiger partial charge on any atom is -0.484 e. The van der Waals surface area contributed by atoms with Crippen molar-refractivity contribution in [3.8, 4) is 16.9 Å². The third-order valence-electron chi connectivity index (χ3n) is 10.9. The van der Waals surface area contributed by atoms with Gasteiger partial charge in [0.1, 0.15) is 35.0 Å². The highest BCUT2D eigenvalue weighted by Crippen LogP contribution is 2.50. The van der Waals surface area contributed by atoms with Crippen molar-refractivity contribution >= 4 is 50.0 Å². The molecule has 1 aromatic heterocycles. The number of aliphatic imine (C=N–C) groups is 2. The van der Waals surface area contributed by atoms with Crippen LogP contribution in [0.5, 0.6) is 5.75 Å². The van der Waals surface area contributed by atoms with Crippen LogP contribution in [0.4, 0.5) is 0 Å². The summed E-state index contributed by atoms with van der Waals surface area (Å²) in [5.41, 5.74) is 10.4. The van der Waals surface area contributed by atoms with Crippen LogP contribution in [0, 0.1) is 0 Å². The Kier molecular flexibility index (Phi) is 6.99. The summed E-state index contributed by atoms with van der Waals surface area (Å²) in [7, 11) is 0. The van der Waals surface area contributed by atoms with E-state index in [4.69, 9.17) is 19.1 Å². The van der Waals surface area contributed by atoms with E-state index in [1.54, 1.807) is 0 Å². The quantitative estimate of drug-likeness (QED) is 0.195. The van der Waals surface area contributed by atoms with Gasteiger partial charge in [-0.3, -0.25) is 0 Å². The van der Waals surface area contributed by atoms with Gasteiger partial charge in [-0.15, -0.1) is 0 Å². The third-order valence-corrected chi connectivity index (χ3v) is 10.9. The van der Waals surface area contributed by atoms with Crippen molar-refractivity contribution in [3.63, 3.8) is 0 Å². The maximum Gasteiger partial charge on any atom is 0.159 e. The highest BCUT2D eigenvalue weighted by Gasteiger charge is 2.39. The molecule has 0 amide bonds. The second kappa shape index (κ2) is 12.3. The molecule has 7 aromatic carbocycles. The predicted octanol–water partition coefficient (Wildman–Crippen LogP) is 11.4. The van der Waals surface area contributed by atoms with Crippen LogP contribution in [-0.4, -0.2) is 17.8 Å². The normalized spacial score (nSPS) is 18.7. The summed E-state index contributed by atoms with van der Waals surface area (Å²) >= 11 is 0. The molecule has 0 spiro atoms. The van der Waals surface area contributed by atoms with Gasteiger partial charge in [0, 0.05) is 44.3 Å². The fourth-order valence-electron chi connectivity index (χ4n) is 8.36. The van der Waals surface area contributed by atoms with Gasteiger partial charge in [-0.2, -0.15) is 0 Å². The Hall–Kier alpha value is -6.98. The largest absolute Gasteiger partial charge is 0.484 e. The van der Waals surface area contributed by atoms with E-state index in [1.165, 1.54) is 16.5 Å². The molecule has 1 N–H and O–H groups in total. The maximum absolute atomic E-state index is 6.94. The van der Waals surface area contributed by atoms with E-state index in [9.17, 15) is 0 Å². The Balaban J connectivity index is 1.04. The maximum atomic E-state index is 6.94. The molecule has 0 saturated carbocycles. The number of ether oxygens (including phenoxy) is 1. The van der Waals surface area contributed by atoms with Gasteiger partial charge in [-0.25, -0.2) is 9.98 Å². The van der Waals surface area contributed by atoms with Gasteiger partial charge in [0.15, 0.2) is 5.84 Å². The summed E-state index contributed by atoms with van der Waals surface area (Å²) < 4.78 is 13.6. The number of rotatable bonds is 5. The second-order valence-corrected chi connectivity index (χ2v) is 14.0. The topological polar surface area (TPSA) is 59.1 Å². The zero-order chi connectivity index (χ0) is 35.6. The van der Waals surface area contributed by atoms with Crippen LogP contribution in [0.25, 0.3) is 49.4 Å². The lowest BCUT2D eigenvalue weighted by Gasteiger charge is -2.25. The lowest BCUT2D eigenvalue weighted by Crippen LogP contribution is -2.33. The van der Waals surface area contributed by atoms with Gasteiger partial charge in [0.05, 0.1) is 0 Å². The van der Waals surface area contributed by atoms with E-state index in [2.05, 4.69) is 145 Å². The minimum atomic E-state index is -0.349. The lowest BCUT2D eigenvalue weighted by atomic mass is 9.83. The van der Waals surface area contributed by atoms with Gasteiger partial charge in [0.2, 0.25) is 0 Å². The second-order valence-electron chi connectivity index (χ2n) is 14.0. The van der Waals surface area contributed by atoms with Crippen LogP contribution in [0.3, 0.4) is 0 Å². The van der Waals surface area contributed by atoms with E-state index in [0.29, 0.717) is 5.84 Å². The molecule has 0 radical (unpaired) electrons. The fraction of sp³-hybridized carbons (Fsp3) is 0.0612. The summed E-state index contributed by atoms with van der Waals surface area (Å²) in [6.45, 7) is 0. The number of hydrogen-bond acceptors (Lipinski definition) is 5. The molecule has 5 heteroatoms. The molecule has 0 bridgehead atoms. The Morgan fingerprint density at radius 2 is 1.26 bits per heavy atom. The molecule has 0 fully saturated rings. The molecule has 256 valence electrons. The molecule has 54 heavy (non-hydrogen) atoms. The number of hydrogen-bond donors (Lipinski definition) is 1. The van der Waals surface area contributed by atoms with Crippen LogP contribution < -0.4 is 10.1 Å². The van der Waals surface area contributed by atoms with Crippen LogP contribution in [0.1, 0.15) is 39.9 Å². The smallest absolute Gasteiger partial charge is 0.159 e. The predicted molar refractivity (Wildman–Crippen MR) is 219 cm³/mol. The molecule has 8 aromatic rings. The van der Waals surface area contributed by atoms with Crippen molar-refractivity contribution in [2.24, 2.45) is 9.98 Å². The molecular weight excluding hydrogens is 663 g/mol. The molecule has 3 atom stereocenters. The zero-order valence-corrected chi connectivity index (χ0v) is 29.2. The number of nitrogens with one attached hydrogen (secondary N) is 1. The van der Waals surface area contributed by atoms with Crippen LogP contribution in [-0.2, 0) is 0 Å². The molecule has 1 aliphatic carbocycles. The molecule has 3 aliphatic rings. The van der Waals surface area contributed by atoms with E-state index >= 15 is 0 Å². The number of furan rings is 1. The summed E-state index contributed by atoms with van der Waals surface area (Å²) in [4.78, 5) is 10.4. The number of fused-ring (bicyclic) bond motifs is 8. The number of nitrogens with zero attached hydrogens (tertiary/aromatic N) is 2. The van der Waals surface area contributed by atoms with Crippen molar-refractivity contribution in [1.29, 1.82) is 0 Å². The molecule has 11 rings (SSSR count). The summed E-state index contributed by atoms with van der Waals surface area (Å²) in [5, 5.41) is 8.11. The van der Waals surface area contributed by atoms with Crippen molar-refractivity contribution in [3.05, 3.63) is 204 Å². The Morgan fingerprint density at radius 3 is 2.06 bits per heavy atom. The van der Waals surface area contributed by atoms with Crippen molar-refractivity contribution < 1.29 is 9.15 Å². The van der Waals surface area contributed by atoms with Gasteiger partial charge >= 0.3 is 0 Å². The molecule has 0 saturated heterocycles. The summed E-state index contributed by atoms with van der Waals surface area (Å²) in [6.07, 6.45) is 6.14. The standard InChI is InChI=1S/C49H33N3O2/c1-3-12-30(13-4-1)31-24-26-34(27-25-31)48-50-47(33-15-5-2-6-16-33)51-49(52-48)40-21-11-23-42-44(40)43-36(18-10-22-41(43)53-42)37-19-9-20-38-39-29-28-32-14-7-8-17-35(32)45(39)54-46(37)38/h1-29,38,46,48H,(H,50,51,52). The van der Waals surface area contributed by atoms with Crippen LogP contribution >= 0.6 is 0 Å². The van der Waals surface area contributed by atoms with E-state index in [-0.39, 0.29) is 18.2 Å². The van der Waals surface area contributed by atoms with Crippen molar-refractivity contribution in [2.45, 2.75) is 18.2 Å². The van der Waals surface area contributed by atoms with Gasteiger partial charge in [0.25, 0.3) is 0 Å². The van der Waals surface area contributed by atoms with Crippen LogP contribution in [0.2, 0.25) is 0 Å². The summed E-state index contributed by atoms with van der Waals surface area (Å²) in [5.74, 6) is 2.51. The van der Waals surface area contributed by atoms with E-state index < -0.39 is 0 Å². The van der Waals surface area contributed by atoms with Gasteiger partial charge in [-0.05, 0) is 39.8 Å². The number of benzene rings is 7. The van der Waals surface area contributed by atoms with Gasteiger partial charge < -0.3 is 14.5 Å². The summed E-state index contributed by atoms with van der Waals surface area (Å²) in [6, 6.07) is 54.7. The van der Waals surface area contributed by atoms with E-state index in [0.717, 1.165) is 72.3 Å². The third kappa shape index (κ3) is 4.93. The lowest BCUT2D eigenvalue weighted by molar-refractivity contribution is 0.281. The number of allylic oxidation sites excluding steroid dienone is 2. The average Bonchev–Trinajstić information content (AvgIpc) is 3.83. The Morgan fingerprint density at radius 1 is 0.574 bits per heavy atom. The Bertz CT molecular complexity index is 2880. The zero-order valence-electron chi connectivity index (χ0n) is 29.2. The first-order valence-electron chi connectivity index (χ1n) is 18.4. The molecule has 5 nitrogen and oxygen atoms in total. The minimum absolute atomic E-state index is 0.112. The first-order valence-corrected chi connectivity index (χ1v) is 18.4.